The monoisotopic (exact) mass is 325 g/mol. The van der Waals surface area contributed by atoms with Gasteiger partial charge in [-0.25, -0.2) is 0 Å². The molecule has 0 radical (unpaired) electrons. The molecule has 0 saturated carbocycles. The van der Waals surface area contributed by atoms with Crippen LogP contribution in [-0.4, -0.2) is 25.1 Å². The molecular weight excluding hydrogens is 302 g/mol. The molecule has 3 N–H and O–H groups in total. The maximum Gasteiger partial charge on any atom is 0.243 e. The van der Waals surface area contributed by atoms with E-state index in [1.807, 2.05) is 49.1 Å². The van der Waals surface area contributed by atoms with Crippen molar-refractivity contribution in [2.75, 3.05) is 29.0 Å². The summed E-state index contributed by atoms with van der Waals surface area (Å²) in [7, 11) is 0. The van der Waals surface area contributed by atoms with Gasteiger partial charge in [-0.15, -0.1) is 0 Å². The summed E-state index contributed by atoms with van der Waals surface area (Å²) < 4.78 is 5.82. The lowest BCUT2D eigenvalue weighted by molar-refractivity contribution is -0.115. The SMILES string of the molecule is Cc1ccc(NC(=O)CN2CC(C)Oc3cc(N)ccc32)cc1C. The molecule has 5 heteroatoms. The average Bonchev–Trinajstić information content (AvgIpc) is 2.50. The van der Waals surface area contributed by atoms with Gasteiger partial charge in [-0.1, -0.05) is 6.07 Å². The Balaban J connectivity index is 1.73. The van der Waals surface area contributed by atoms with Crippen LogP contribution in [0, 0.1) is 13.8 Å². The number of anilines is 3. The van der Waals surface area contributed by atoms with Gasteiger partial charge in [0.05, 0.1) is 18.8 Å². The molecule has 1 aliphatic heterocycles. The number of amides is 1. The molecule has 1 amide bonds. The smallest absolute Gasteiger partial charge is 0.243 e. The molecule has 3 rings (SSSR count). The van der Waals surface area contributed by atoms with E-state index >= 15 is 0 Å². The summed E-state index contributed by atoms with van der Waals surface area (Å²) in [5, 5.41) is 2.97. The van der Waals surface area contributed by atoms with Crippen LogP contribution in [0.5, 0.6) is 5.75 Å². The fraction of sp³-hybridized carbons (Fsp3) is 0.316. The first-order valence-electron chi connectivity index (χ1n) is 8.10. The molecule has 1 aliphatic rings. The Morgan fingerprint density at radius 3 is 2.79 bits per heavy atom. The Hall–Kier alpha value is -2.69. The average molecular weight is 325 g/mol. The topological polar surface area (TPSA) is 67.6 Å². The van der Waals surface area contributed by atoms with E-state index in [9.17, 15) is 4.79 Å². The second-order valence-corrected chi connectivity index (χ2v) is 6.38. The van der Waals surface area contributed by atoms with Crippen molar-refractivity contribution < 1.29 is 9.53 Å². The number of nitrogens with two attached hydrogens (primary N) is 1. The Morgan fingerprint density at radius 2 is 2.04 bits per heavy atom. The zero-order chi connectivity index (χ0) is 17.3. The van der Waals surface area contributed by atoms with E-state index in [-0.39, 0.29) is 18.6 Å². The molecule has 2 aromatic carbocycles. The highest BCUT2D eigenvalue weighted by Gasteiger charge is 2.24. The summed E-state index contributed by atoms with van der Waals surface area (Å²) >= 11 is 0. The number of nitrogens with one attached hydrogen (secondary N) is 1. The van der Waals surface area contributed by atoms with Gasteiger partial charge in [0.15, 0.2) is 0 Å². The highest BCUT2D eigenvalue weighted by Crippen LogP contribution is 2.34. The molecule has 2 aromatic rings. The standard InChI is InChI=1S/C19H23N3O2/c1-12-4-6-16(8-13(12)2)21-19(23)11-22-10-14(3)24-18-9-15(20)5-7-17(18)22/h4-9,14H,10-11,20H2,1-3H3,(H,21,23). The molecule has 1 heterocycles. The Kier molecular flexibility index (Phi) is 4.34. The first-order valence-corrected chi connectivity index (χ1v) is 8.10. The maximum absolute atomic E-state index is 12.4. The minimum Gasteiger partial charge on any atom is -0.487 e. The van der Waals surface area contributed by atoms with Crippen molar-refractivity contribution in [2.45, 2.75) is 26.9 Å². The number of ether oxygens (including phenoxy) is 1. The maximum atomic E-state index is 12.4. The van der Waals surface area contributed by atoms with Gasteiger partial charge in [0.2, 0.25) is 5.91 Å². The fourth-order valence-electron chi connectivity index (χ4n) is 2.89. The summed E-state index contributed by atoms with van der Waals surface area (Å²) in [5.41, 5.74) is 10.6. The number of nitrogens with zero attached hydrogens (tertiary/aromatic N) is 1. The molecule has 24 heavy (non-hydrogen) atoms. The minimum absolute atomic E-state index is 0.00807. The third-order valence-electron chi connectivity index (χ3n) is 4.26. The summed E-state index contributed by atoms with van der Waals surface area (Å²) in [6.45, 7) is 7.02. The van der Waals surface area contributed by atoms with E-state index < -0.39 is 0 Å². The summed E-state index contributed by atoms with van der Waals surface area (Å²) in [5.74, 6) is 0.683. The third kappa shape index (κ3) is 3.45. The highest BCUT2D eigenvalue weighted by atomic mass is 16.5. The molecule has 1 unspecified atom stereocenters. The van der Waals surface area contributed by atoms with Gasteiger partial charge in [-0.3, -0.25) is 4.79 Å². The van der Waals surface area contributed by atoms with Crippen molar-refractivity contribution in [1.29, 1.82) is 0 Å². The van der Waals surface area contributed by atoms with E-state index in [2.05, 4.69) is 12.2 Å². The predicted molar refractivity (Wildman–Crippen MR) is 97.7 cm³/mol. The van der Waals surface area contributed by atoms with Gasteiger partial charge in [-0.2, -0.15) is 0 Å². The quantitative estimate of drug-likeness (QED) is 0.851. The van der Waals surface area contributed by atoms with E-state index in [4.69, 9.17) is 10.5 Å². The largest absolute Gasteiger partial charge is 0.487 e. The van der Waals surface area contributed by atoms with Crippen LogP contribution in [0.4, 0.5) is 17.1 Å². The van der Waals surface area contributed by atoms with Crippen LogP contribution >= 0.6 is 0 Å². The summed E-state index contributed by atoms with van der Waals surface area (Å²) in [6.07, 6.45) is 0.00807. The van der Waals surface area contributed by atoms with Crippen LogP contribution in [0.1, 0.15) is 18.1 Å². The van der Waals surface area contributed by atoms with Crippen LogP contribution in [-0.2, 0) is 4.79 Å². The third-order valence-corrected chi connectivity index (χ3v) is 4.26. The first kappa shape index (κ1) is 16.2. The van der Waals surface area contributed by atoms with E-state index in [1.165, 1.54) is 5.56 Å². The summed E-state index contributed by atoms with van der Waals surface area (Å²) in [4.78, 5) is 14.5. The molecule has 126 valence electrons. The molecule has 0 bridgehead atoms. The molecule has 0 spiro atoms. The Morgan fingerprint density at radius 1 is 1.25 bits per heavy atom. The molecule has 1 atom stereocenters. The number of nitrogen functional groups attached to an aromatic ring is 1. The second kappa shape index (κ2) is 6.43. The molecule has 0 fully saturated rings. The molecule has 0 aromatic heterocycles. The van der Waals surface area contributed by atoms with Crippen molar-refractivity contribution in [3.63, 3.8) is 0 Å². The molecule has 0 aliphatic carbocycles. The number of hydrogen-bond donors (Lipinski definition) is 2. The van der Waals surface area contributed by atoms with Crippen molar-refractivity contribution in [3.05, 3.63) is 47.5 Å². The van der Waals surface area contributed by atoms with Gasteiger partial charge in [-0.05, 0) is 56.2 Å². The number of hydrogen-bond acceptors (Lipinski definition) is 4. The van der Waals surface area contributed by atoms with Crippen molar-refractivity contribution in [1.82, 2.24) is 0 Å². The number of carbonyl (C=O) groups excluding carboxylic acids is 1. The van der Waals surface area contributed by atoms with Crippen LogP contribution in [0.25, 0.3) is 0 Å². The lowest BCUT2D eigenvalue weighted by Gasteiger charge is -2.34. The lowest BCUT2D eigenvalue weighted by Crippen LogP contribution is -2.42. The van der Waals surface area contributed by atoms with E-state index in [0.29, 0.717) is 12.2 Å². The van der Waals surface area contributed by atoms with Gasteiger partial charge >= 0.3 is 0 Å². The van der Waals surface area contributed by atoms with E-state index in [0.717, 1.165) is 22.7 Å². The van der Waals surface area contributed by atoms with Crippen LogP contribution in [0.3, 0.4) is 0 Å². The van der Waals surface area contributed by atoms with Gasteiger partial charge in [0, 0.05) is 17.4 Å². The van der Waals surface area contributed by atoms with Crippen molar-refractivity contribution in [2.24, 2.45) is 0 Å². The van der Waals surface area contributed by atoms with Crippen LogP contribution < -0.4 is 20.7 Å². The van der Waals surface area contributed by atoms with Crippen LogP contribution in [0.2, 0.25) is 0 Å². The number of fused-ring (bicyclic) bond motifs is 1. The zero-order valence-electron chi connectivity index (χ0n) is 14.3. The first-order chi connectivity index (χ1) is 11.4. The molecule has 5 nitrogen and oxygen atoms in total. The number of benzene rings is 2. The van der Waals surface area contributed by atoms with Crippen molar-refractivity contribution in [3.8, 4) is 5.75 Å². The molecule has 0 saturated heterocycles. The highest BCUT2D eigenvalue weighted by molar-refractivity contribution is 5.94. The Labute approximate surface area is 142 Å². The van der Waals surface area contributed by atoms with Crippen molar-refractivity contribution >= 4 is 23.0 Å². The van der Waals surface area contributed by atoms with Gasteiger partial charge in [0.1, 0.15) is 11.9 Å². The normalized spacial score (nSPS) is 16.3. The van der Waals surface area contributed by atoms with Crippen LogP contribution in [0.15, 0.2) is 36.4 Å². The molecular formula is C19H23N3O2. The minimum atomic E-state index is -0.0462. The van der Waals surface area contributed by atoms with E-state index in [1.54, 1.807) is 6.07 Å². The lowest BCUT2D eigenvalue weighted by atomic mass is 10.1. The van der Waals surface area contributed by atoms with Gasteiger partial charge in [0.25, 0.3) is 0 Å². The zero-order valence-corrected chi connectivity index (χ0v) is 14.3. The Bertz CT molecular complexity index is 773. The van der Waals surface area contributed by atoms with Gasteiger partial charge < -0.3 is 20.7 Å². The predicted octanol–water partition coefficient (Wildman–Crippen LogP) is 3.11. The number of aryl methyl sites for hydroxylation is 2. The fourth-order valence-corrected chi connectivity index (χ4v) is 2.89. The summed E-state index contributed by atoms with van der Waals surface area (Å²) in [6, 6.07) is 11.5. The number of carbonyl (C=O) groups is 1. The second-order valence-electron chi connectivity index (χ2n) is 6.38. The number of rotatable bonds is 3.